The van der Waals surface area contributed by atoms with Crippen LogP contribution in [0.3, 0.4) is 0 Å². The predicted octanol–water partition coefficient (Wildman–Crippen LogP) is -0.893. The highest BCUT2D eigenvalue weighted by atomic mass is 16.3. The molecule has 1 radical (unpaired) electrons. The van der Waals surface area contributed by atoms with E-state index in [4.69, 9.17) is 10.2 Å². The summed E-state index contributed by atoms with van der Waals surface area (Å²) in [5.41, 5.74) is 0. The van der Waals surface area contributed by atoms with Crippen LogP contribution in [0.15, 0.2) is 0 Å². The molecule has 0 fully saturated rings. The topological polar surface area (TPSA) is 43.7 Å². The van der Waals surface area contributed by atoms with Crippen molar-refractivity contribution in [2.75, 3.05) is 32.8 Å². The second-order valence-electron chi connectivity index (χ2n) is 1.79. The molecule has 0 atom stereocenters. The van der Waals surface area contributed by atoms with E-state index < -0.39 is 0 Å². The van der Waals surface area contributed by atoms with Crippen LogP contribution in [0.4, 0.5) is 0 Å². The van der Waals surface area contributed by atoms with Gasteiger partial charge in [0.2, 0.25) is 0 Å². The zero-order valence-corrected chi connectivity index (χ0v) is 5.58. The normalized spacial score (nSPS) is 10.7. The van der Waals surface area contributed by atoms with Crippen LogP contribution in [-0.2, 0) is 0 Å². The maximum absolute atomic E-state index is 8.44. The second-order valence-corrected chi connectivity index (χ2v) is 1.79. The third kappa shape index (κ3) is 4.39. The van der Waals surface area contributed by atoms with Crippen LogP contribution >= 0.6 is 0 Å². The van der Waals surface area contributed by atoms with Crippen molar-refractivity contribution < 1.29 is 10.2 Å². The summed E-state index contributed by atoms with van der Waals surface area (Å²) >= 11 is 0. The van der Waals surface area contributed by atoms with E-state index in [1.165, 1.54) is 0 Å². The Kier molecular flexibility index (Phi) is 5.93. The standard InChI is InChI=1S/C6H14NO2/c1-2-7(3-5-8)4-6-9/h8-9H,1-6H2. The van der Waals surface area contributed by atoms with Gasteiger partial charge >= 0.3 is 0 Å². The minimum atomic E-state index is 0.134. The van der Waals surface area contributed by atoms with Crippen molar-refractivity contribution in [3.05, 3.63) is 6.92 Å². The van der Waals surface area contributed by atoms with Crippen molar-refractivity contribution in [3.8, 4) is 0 Å². The molecule has 9 heavy (non-hydrogen) atoms. The molecule has 0 heterocycles. The van der Waals surface area contributed by atoms with Gasteiger partial charge in [0.15, 0.2) is 0 Å². The van der Waals surface area contributed by atoms with Crippen molar-refractivity contribution in [1.29, 1.82) is 0 Å². The summed E-state index contributed by atoms with van der Waals surface area (Å²) in [5, 5.41) is 16.9. The van der Waals surface area contributed by atoms with E-state index in [0.717, 1.165) is 0 Å². The number of hydrogen-bond donors (Lipinski definition) is 2. The van der Waals surface area contributed by atoms with E-state index in [-0.39, 0.29) is 13.2 Å². The van der Waals surface area contributed by atoms with Gasteiger partial charge in [0.25, 0.3) is 0 Å². The summed E-state index contributed by atoms with van der Waals surface area (Å²) in [7, 11) is 0. The minimum Gasteiger partial charge on any atom is -0.395 e. The molecule has 55 valence electrons. The highest BCUT2D eigenvalue weighted by Crippen LogP contribution is 1.83. The lowest BCUT2D eigenvalue weighted by Gasteiger charge is -2.16. The van der Waals surface area contributed by atoms with Gasteiger partial charge in [-0.1, -0.05) is 0 Å². The zero-order chi connectivity index (χ0) is 7.11. The van der Waals surface area contributed by atoms with Gasteiger partial charge < -0.3 is 10.2 Å². The van der Waals surface area contributed by atoms with Crippen LogP contribution < -0.4 is 0 Å². The van der Waals surface area contributed by atoms with Gasteiger partial charge in [0.05, 0.1) is 13.2 Å². The van der Waals surface area contributed by atoms with E-state index >= 15 is 0 Å². The lowest BCUT2D eigenvalue weighted by molar-refractivity contribution is 0.171. The van der Waals surface area contributed by atoms with Gasteiger partial charge in [-0.3, -0.25) is 4.90 Å². The summed E-state index contributed by atoms with van der Waals surface area (Å²) in [4.78, 5) is 1.88. The monoisotopic (exact) mass is 132 g/mol. The van der Waals surface area contributed by atoms with Crippen LogP contribution in [0.5, 0.6) is 0 Å². The molecule has 0 aliphatic heterocycles. The first kappa shape index (κ1) is 8.88. The number of rotatable bonds is 5. The van der Waals surface area contributed by atoms with Crippen molar-refractivity contribution in [1.82, 2.24) is 4.90 Å². The Balaban J connectivity index is 3.18. The first-order valence-electron chi connectivity index (χ1n) is 3.08. The Bertz CT molecular complexity index is 53.0. The fourth-order valence-electron chi connectivity index (χ4n) is 0.618. The van der Waals surface area contributed by atoms with E-state index in [1.807, 2.05) is 4.90 Å². The molecule has 0 saturated heterocycles. The number of aliphatic hydroxyl groups is 2. The molecule has 2 N–H and O–H groups in total. The van der Waals surface area contributed by atoms with Gasteiger partial charge in [0.1, 0.15) is 0 Å². The molecule has 0 spiro atoms. The molecule has 0 bridgehead atoms. The molecule has 0 aliphatic carbocycles. The largest absolute Gasteiger partial charge is 0.395 e. The Morgan fingerprint density at radius 1 is 1.11 bits per heavy atom. The summed E-state index contributed by atoms with van der Waals surface area (Å²) in [6.45, 7) is 5.74. The molecule has 0 aromatic rings. The maximum Gasteiger partial charge on any atom is 0.0558 e. The number of nitrogens with zero attached hydrogens (tertiary/aromatic N) is 1. The van der Waals surface area contributed by atoms with Crippen LogP contribution in [0.25, 0.3) is 0 Å². The fraction of sp³-hybridized carbons (Fsp3) is 0.833. The van der Waals surface area contributed by atoms with Crippen LogP contribution in [0, 0.1) is 6.92 Å². The SMILES string of the molecule is [CH2]CN(CCO)CCO. The van der Waals surface area contributed by atoms with Crippen molar-refractivity contribution in [2.24, 2.45) is 0 Å². The summed E-state index contributed by atoms with van der Waals surface area (Å²) in [6, 6.07) is 0. The molecular formula is C6H14NO2. The maximum atomic E-state index is 8.44. The van der Waals surface area contributed by atoms with Crippen molar-refractivity contribution >= 4 is 0 Å². The quantitative estimate of drug-likeness (QED) is 0.510. The highest BCUT2D eigenvalue weighted by molar-refractivity contribution is 4.56. The van der Waals surface area contributed by atoms with Crippen molar-refractivity contribution in [2.45, 2.75) is 0 Å². The molecular weight excluding hydrogens is 118 g/mol. The van der Waals surface area contributed by atoms with E-state index in [9.17, 15) is 0 Å². The molecule has 0 unspecified atom stereocenters. The van der Waals surface area contributed by atoms with Gasteiger partial charge in [-0.15, -0.1) is 0 Å². The summed E-state index contributed by atoms with van der Waals surface area (Å²) in [6.07, 6.45) is 0. The van der Waals surface area contributed by atoms with E-state index in [2.05, 4.69) is 6.92 Å². The third-order valence-electron chi connectivity index (χ3n) is 1.15. The molecule has 0 rings (SSSR count). The third-order valence-corrected chi connectivity index (χ3v) is 1.15. The average Bonchev–Trinajstić information content (AvgIpc) is 1.88. The molecule has 0 aromatic carbocycles. The predicted molar refractivity (Wildman–Crippen MR) is 36.0 cm³/mol. The first-order valence-corrected chi connectivity index (χ1v) is 3.08. The molecule has 0 saturated carbocycles. The Morgan fingerprint density at radius 3 is 1.78 bits per heavy atom. The molecule has 0 aliphatic rings. The molecule has 0 aromatic heterocycles. The average molecular weight is 132 g/mol. The minimum absolute atomic E-state index is 0.134. The van der Waals surface area contributed by atoms with Crippen molar-refractivity contribution in [3.63, 3.8) is 0 Å². The molecule has 3 heteroatoms. The number of aliphatic hydroxyl groups excluding tert-OH is 2. The number of hydrogen-bond acceptors (Lipinski definition) is 3. The Morgan fingerprint density at radius 2 is 1.56 bits per heavy atom. The van der Waals surface area contributed by atoms with Gasteiger partial charge in [-0.05, 0) is 13.5 Å². The Hall–Kier alpha value is -0.120. The van der Waals surface area contributed by atoms with Crippen LogP contribution in [0.1, 0.15) is 0 Å². The Labute approximate surface area is 55.9 Å². The zero-order valence-electron chi connectivity index (χ0n) is 5.58. The molecule has 3 nitrogen and oxygen atoms in total. The fourth-order valence-corrected chi connectivity index (χ4v) is 0.618. The lowest BCUT2D eigenvalue weighted by atomic mass is 10.5. The lowest BCUT2D eigenvalue weighted by Crippen LogP contribution is -2.29. The van der Waals surface area contributed by atoms with E-state index in [0.29, 0.717) is 19.6 Å². The molecule has 0 amide bonds. The van der Waals surface area contributed by atoms with Gasteiger partial charge in [0, 0.05) is 13.1 Å². The van der Waals surface area contributed by atoms with E-state index in [1.54, 1.807) is 0 Å². The van der Waals surface area contributed by atoms with Crippen LogP contribution in [-0.4, -0.2) is 48.0 Å². The summed E-state index contributed by atoms with van der Waals surface area (Å²) < 4.78 is 0. The van der Waals surface area contributed by atoms with Gasteiger partial charge in [-0.25, -0.2) is 0 Å². The second kappa shape index (κ2) is 6.01. The first-order chi connectivity index (χ1) is 4.35. The van der Waals surface area contributed by atoms with Gasteiger partial charge in [-0.2, -0.15) is 0 Å². The van der Waals surface area contributed by atoms with Crippen LogP contribution in [0.2, 0.25) is 0 Å². The smallest absolute Gasteiger partial charge is 0.0558 e. The summed E-state index contributed by atoms with van der Waals surface area (Å²) in [5.74, 6) is 0. The highest BCUT2D eigenvalue weighted by Gasteiger charge is 1.97.